The van der Waals surface area contributed by atoms with E-state index in [0.29, 0.717) is 6.61 Å². The molecule has 5 heteroatoms. The fourth-order valence-electron chi connectivity index (χ4n) is 2.21. The third kappa shape index (κ3) is 2.60. The summed E-state index contributed by atoms with van der Waals surface area (Å²) in [6.07, 6.45) is 4.89. The van der Waals surface area contributed by atoms with E-state index in [1.54, 1.807) is 12.5 Å². The third-order valence-corrected chi connectivity index (χ3v) is 3.53. The van der Waals surface area contributed by atoms with Crippen molar-refractivity contribution >= 4 is 11.8 Å². The Balaban J connectivity index is 1.97. The van der Waals surface area contributed by atoms with Crippen LogP contribution in [0, 0.1) is 5.41 Å². The van der Waals surface area contributed by atoms with E-state index < -0.39 is 0 Å². The highest BCUT2D eigenvalue weighted by molar-refractivity contribution is 5.76. The maximum atomic E-state index is 11.9. The smallest absolute Gasteiger partial charge is 0.311 e. The lowest BCUT2D eigenvalue weighted by molar-refractivity contribution is -0.155. The second-order valence-corrected chi connectivity index (χ2v) is 4.84. The van der Waals surface area contributed by atoms with Crippen LogP contribution in [-0.4, -0.2) is 35.6 Å². The van der Waals surface area contributed by atoms with Crippen molar-refractivity contribution in [3.63, 3.8) is 0 Å². The molecule has 0 N–H and O–H groups in total. The van der Waals surface area contributed by atoms with Gasteiger partial charge in [-0.05, 0) is 32.8 Å². The van der Waals surface area contributed by atoms with Crippen molar-refractivity contribution in [1.82, 2.24) is 9.97 Å². The predicted molar refractivity (Wildman–Crippen MR) is 68.2 cm³/mol. The molecule has 2 rings (SSSR count). The second-order valence-electron chi connectivity index (χ2n) is 4.84. The highest BCUT2D eigenvalue weighted by Gasteiger charge is 2.38. The molecule has 1 fully saturated rings. The highest BCUT2D eigenvalue weighted by Crippen LogP contribution is 2.33. The van der Waals surface area contributed by atoms with E-state index in [2.05, 4.69) is 14.9 Å². The molecule has 5 nitrogen and oxygen atoms in total. The molecule has 18 heavy (non-hydrogen) atoms. The van der Waals surface area contributed by atoms with Gasteiger partial charge in [0.05, 0.1) is 12.0 Å². The molecule has 98 valence electrons. The lowest BCUT2D eigenvalue weighted by atomic mass is 9.80. The SMILES string of the molecule is CCOC(=O)C1(C)CCN(c2ccncn2)CC1. The van der Waals surface area contributed by atoms with Crippen LogP contribution in [0.4, 0.5) is 5.82 Å². The van der Waals surface area contributed by atoms with E-state index in [9.17, 15) is 4.79 Å². The van der Waals surface area contributed by atoms with Gasteiger partial charge in [0.15, 0.2) is 0 Å². The molecule has 1 aliphatic heterocycles. The number of carbonyl (C=O) groups is 1. The summed E-state index contributed by atoms with van der Waals surface area (Å²) in [7, 11) is 0. The number of carbonyl (C=O) groups excluding carboxylic acids is 1. The number of aromatic nitrogens is 2. The topological polar surface area (TPSA) is 55.3 Å². The number of anilines is 1. The van der Waals surface area contributed by atoms with Crippen molar-refractivity contribution in [3.8, 4) is 0 Å². The molecule has 0 bridgehead atoms. The number of hydrogen-bond donors (Lipinski definition) is 0. The van der Waals surface area contributed by atoms with Gasteiger partial charge < -0.3 is 9.64 Å². The number of piperidine rings is 1. The molecular formula is C13H19N3O2. The normalized spacial score (nSPS) is 18.4. The van der Waals surface area contributed by atoms with Crippen LogP contribution in [-0.2, 0) is 9.53 Å². The summed E-state index contributed by atoms with van der Waals surface area (Å²) >= 11 is 0. The molecule has 0 amide bonds. The van der Waals surface area contributed by atoms with Crippen LogP contribution >= 0.6 is 0 Å². The number of nitrogens with zero attached hydrogens (tertiary/aromatic N) is 3. The fraction of sp³-hybridized carbons (Fsp3) is 0.615. The molecule has 0 aromatic carbocycles. The number of esters is 1. The lowest BCUT2D eigenvalue weighted by Crippen LogP contribution is -2.43. The molecule has 0 atom stereocenters. The predicted octanol–water partition coefficient (Wildman–Crippen LogP) is 1.65. The van der Waals surface area contributed by atoms with Crippen LogP contribution in [0.2, 0.25) is 0 Å². The largest absolute Gasteiger partial charge is 0.466 e. The van der Waals surface area contributed by atoms with Gasteiger partial charge in [-0.15, -0.1) is 0 Å². The summed E-state index contributed by atoms with van der Waals surface area (Å²) in [5.41, 5.74) is -0.348. The number of rotatable bonds is 3. The molecule has 0 unspecified atom stereocenters. The Morgan fingerprint density at radius 1 is 1.50 bits per heavy atom. The molecular weight excluding hydrogens is 230 g/mol. The van der Waals surface area contributed by atoms with Gasteiger partial charge in [0.25, 0.3) is 0 Å². The van der Waals surface area contributed by atoms with Crippen molar-refractivity contribution in [1.29, 1.82) is 0 Å². The first-order chi connectivity index (χ1) is 8.65. The zero-order valence-corrected chi connectivity index (χ0v) is 10.9. The lowest BCUT2D eigenvalue weighted by Gasteiger charge is -2.37. The van der Waals surface area contributed by atoms with Crippen molar-refractivity contribution < 1.29 is 9.53 Å². The second kappa shape index (κ2) is 5.33. The quantitative estimate of drug-likeness (QED) is 0.762. The van der Waals surface area contributed by atoms with Crippen LogP contribution in [0.1, 0.15) is 26.7 Å². The number of hydrogen-bond acceptors (Lipinski definition) is 5. The summed E-state index contributed by atoms with van der Waals surface area (Å²) < 4.78 is 5.14. The van der Waals surface area contributed by atoms with Crippen molar-refractivity contribution in [2.75, 3.05) is 24.6 Å². The van der Waals surface area contributed by atoms with Gasteiger partial charge in [-0.3, -0.25) is 4.79 Å². The Kier molecular flexibility index (Phi) is 3.79. The summed E-state index contributed by atoms with van der Waals surface area (Å²) in [4.78, 5) is 22.2. The van der Waals surface area contributed by atoms with Gasteiger partial charge in [-0.25, -0.2) is 9.97 Å². The summed E-state index contributed by atoms with van der Waals surface area (Å²) in [5, 5.41) is 0. The molecule has 0 saturated carbocycles. The van der Waals surface area contributed by atoms with Gasteiger partial charge in [0, 0.05) is 19.3 Å². The first-order valence-electron chi connectivity index (χ1n) is 6.34. The summed E-state index contributed by atoms with van der Waals surface area (Å²) in [6, 6.07) is 1.90. The van der Waals surface area contributed by atoms with E-state index in [1.165, 1.54) is 0 Å². The van der Waals surface area contributed by atoms with Crippen LogP contribution in [0.3, 0.4) is 0 Å². The Labute approximate surface area is 107 Å². The minimum Gasteiger partial charge on any atom is -0.466 e. The van der Waals surface area contributed by atoms with E-state index in [4.69, 9.17) is 4.74 Å². The zero-order valence-electron chi connectivity index (χ0n) is 10.9. The van der Waals surface area contributed by atoms with Crippen LogP contribution < -0.4 is 4.90 Å². The minimum atomic E-state index is -0.348. The third-order valence-electron chi connectivity index (χ3n) is 3.53. The number of ether oxygens (including phenoxy) is 1. The average molecular weight is 249 g/mol. The molecule has 1 aromatic heterocycles. The minimum absolute atomic E-state index is 0.0765. The molecule has 2 heterocycles. The van der Waals surface area contributed by atoms with Crippen LogP contribution in [0.15, 0.2) is 18.6 Å². The Morgan fingerprint density at radius 3 is 2.78 bits per heavy atom. The first-order valence-corrected chi connectivity index (χ1v) is 6.34. The van der Waals surface area contributed by atoms with Gasteiger partial charge in [-0.1, -0.05) is 0 Å². The van der Waals surface area contributed by atoms with E-state index >= 15 is 0 Å². The van der Waals surface area contributed by atoms with Crippen molar-refractivity contribution in [2.45, 2.75) is 26.7 Å². The highest BCUT2D eigenvalue weighted by atomic mass is 16.5. The Bertz CT molecular complexity index is 400. The maximum absolute atomic E-state index is 11.9. The van der Waals surface area contributed by atoms with E-state index in [1.807, 2.05) is 19.9 Å². The summed E-state index contributed by atoms with van der Waals surface area (Å²) in [6.45, 7) is 5.93. The van der Waals surface area contributed by atoms with Gasteiger partial charge in [0.1, 0.15) is 12.1 Å². The molecule has 1 aliphatic rings. The summed E-state index contributed by atoms with van der Waals surface area (Å²) in [5.74, 6) is 0.850. The van der Waals surface area contributed by atoms with Crippen molar-refractivity contribution in [2.24, 2.45) is 5.41 Å². The van der Waals surface area contributed by atoms with Crippen LogP contribution in [0.25, 0.3) is 0 Å². The van der Waals surface area contributed by atoms with Crippen LogP contribution in [0.5, 0.6) is 0 Å². The molecule has 1 aromatic rings. The monoisotopic (exact) mass is 249 g/mol. The maximum Gasteiger partial charge on any atom is 0.311 e. The average Bonchev–Trinajstić information content (AvgIpc) is 2.41. The van der Waals surface area contributed by atoms with Gasteiger partial charge in [-0.2, -0.15) is 0 Å². The first kappa shape index (κ1) is 12.8. The van der Waals surface area contributed by atoms with Crippen molar-refractivity contribution in [3.05, 3.63) is 18.6 Å². The van der Waals surface area contributed by atoms with Gasteiger partial charge in [0.2, 0.25) is 0 Å². The fourth-order valence-corrected chi connectivity index (χ4v) is 2.21. The molecule has 1 saturated heterocycles. The Hall–Kier alpha value is -1.65. The molecule has 0 radical (unpaired) electrons. The van der Waals surface area contributed by atoms with Gasteiger partial charge >= 0.3 is 5.97 Å². The molecule has 0 spiro atoms. The van der Waals surface area contributed by atoms with E-state index in [-0.39, 0.29) is 11.4 Å². The van der Waals surface area contributed by atoms with E-state index in [0.717, 1.165) is 31.7 Å². The standard InChI is InChI=1S/C13H19N3O2/c1-3-18-12(17)13(2)5-8-16(9-6-13)11-4-7-14-10-15-11/h4,7,10H,3,5-6,8-9H2,1-2H3. The zero-order chi connectivity index (χ0) is 13.0. The Morgan fingerprint density at radius 2 is 2.22 bits per heavy atom. The molecule has 0 aliphatic carbocycles.